The summed E-state index contributed by atoms with van der Waals surface area (Å²) < 4.78 is 9.37. The number of benzene rings is 1. The van der Waals surface area contributed by atoms with E-state index in [0.717, 1.165) is 69.1 Å². The number of anilines is 2. The van der Waals surface area contributed by atoms with Gasteiger partial charge in [0, 0.05) is 50.8 Å². The van der Waals surface area contributed by atoms with Gasteiger partial charge in [-0.15, -0.1) is 0 Å². The van der Waals surface area contributed by atoms with Gasteiger partial charge in [-0.2, -0.15) is 5.10 Å². The number of piperidine rings is 1. The summed E-state index contributed by atoms with van der Waals surface area (Å²) in [5.41, 5.74) is 1.24. The monoisotopic (exact) mass is 505 g/mol. The number of carbonyl (C=O) groups is 1. The van der Waals surface area contributed by atoms with Crippen molar-refractivity contribution >= 4 is 40.8 Å². The second kappa shape index (κ2) is 11.6. The third kappa shape index (κ3) is 6.13. The summed E-state index contributed by atoms with van der Waals surface area (Å²) in [7, 11) is 1.77. The first-order valence-corrected chi connectivity index (χ1v) is 12.9. The van der Waals surface area contributed by atoms with E-state index >= 15 is 0 Å². The maximum Gasteiger partial charge on any atom is 0.287 e. The van der Waals surface area contributed by atoms with E-state index in [1.807, 2.05) is 24.3 Å². The van der Waals surface area contributed by atoms with Crippen molar-refractivity contribution in [3.05, 3.63) is 45.8 Å². The van der Waals surface area contributed by atoms with Crippen molar-refractivity contribution in [1.29, 1.82) is 0 Å². The van der Waals surface area contributed by atoms with Gasteiger partial charge in [-0.05, 0) is 67.8 Å². The SMILES string of the molecule is CC(=O)N(C)c1ccc(SN2CCC(n3ncc(NCC4CCCOC4)c(Cl)c3=O)CC2)cc1. The minimum Gasteiger partial charge on any atom is -0.382 e. The van der Waals surface area contributed by atoms with E-state index < -0.39 is 0 Å². The zero-order valence-electron chi connectivity index (χ0n) is 19.7. The fourth-order valence-corrected chi connectivity index (χ4v) is 5.44. The van der Waals surface area contributed by atoms with E-state index in [1.54, 1.807) is 41.7 Å². The molecule has 0 spiro atoms. The molecule has 0 bridgehead atoms. The second-order valence-corrected chi connectivity index (χ2v) is 10.5. The summed E-state index contributed by atoms with van der Waals surface area (Å²) >= 11 is 8.12. The average molecular weight is 506 g/mol. The molecule has 0 aliphatic carbocycles. The lowest BCUT2D eigenvalue weighted by molar-refractivity contribution is -0.116. The van der Waals surface area contributed by atoms with Gasteiger partial charge >= 0.3 is 0 Å². The van der Waals surface area contributed by atoms with Crippen LogP contribution in [0.1, 0.15) is 38.6 Å². The number of halogens is 1. The summed E-state index contributed by atoms with van der Waals surface area (Å²) in [5, 5.41) is 7.94. The van der Waals surface area contributed by atoms with Crippen molar-refractivity contribution in [2.45, 2.75) is 43.5 Å². The minimum atomic E-state index is -0.233. The van der Waals surface area contributed by atoms with Gasteiger partial charge in [0.2, 0.25) is 5.91 Å². The lowest BCUT2D eigenvalue weighted by Gasteiger charge is -2.31. The van der Waals surface area contributed by atoms with Crippen LogP contribution in [0.4, 0.5) is 11.4 Å². The highest BCUT2D eigenvalue weighted by atomic mass is 35.5. The Bertz CT molecular complexity index is 1030. The minimum absolute atomic E-state index is 0.00839. The quantitative estimate of drug-likeness (QED) is 0.568. The smallest absolute Gasteiger partial charge is 0.287 e. The van der Waals surface area contributed by atoms with Gasteiger partial charge < -0.3 is 15.0 Å². The molecule has 1 unspecified atom stereocenters. The normalized spacial score (nSPS) is 19.7. The Morgan fingerprint density at radius 1 is 1.26 bits per heavy atom. The summed E-state index contributed by atoms with van der Waals surface area (Å²) in [6.07, 6.45) is 5.51. The molecule has 0 radical (unpaired) electrons. The van der Waals surface area contributed by atoms with E-state index in [1.165, 1.54) is 0 Å². The molecule has 8 nitrogen and oxygen atoms in total. The van der Waals surface area contributed by atoms with Crippen LogP contribution in [-0.2, 0) is 9.53 Å². The highest BCUT2D eigenvalue weighted by Gasteiger charge is 2.24. The summed E-state index contributed by atoms with van der Waals surface area (Å²) in [5.74, 6) is 0.439. The molecule has 184 valence electrons. The fraction of sp³-hybridized carbons (Fsp3) is 0.542. The van der Waals surface area contributed by atoms with Crippen LogP contribution in [0.2, 0.25) is 5.02 Å². The topological polar surface area (TPSA) is 79.7 Å². The molecule has 2 aromatic rings. The van der Waals surface area contributed by atoms with Gasteiger partial charge in [-0.3, -0.25) is 9.59 Å². The largest absolute Gasteiger partial charge is 0.382 e. The first-order valence-electron chi connectivity index (χ1n) is 11.8. The van der Waals surface area contributed by atoms with Crippen molar-refractivity contribution in [1.82, 2.24) is 14.1 Å². The highest BCUT2D eigenvalue weighted by molar-refractivity contribution is 7.97. The Labute approximate surface area is 209 Å². The summed E-state index contributed by atoms with van der Waals surface area (Å²) in [6.45, 7) is 5.54. The molecule has 1 amide bonds. The molecule has 4 rings (SSSR count). The zero-order chi connectivity index (χ0) is 24.1. The molecule has 1 N–H and O–H groups in total. The second-order valence-electron chi connectivity index (χ2n) is 8.91. The molecule has 1 aromatic heterocycles. The first kappa shape index (κ1) is 25.0. The van der Waals surface area contributed by atoms with Crippen LogP contribution in [0.25, 0.3) is 0 Å². The molecular weight excluding hydrogens is 474 g/mol. The first-order chi connectivity index (χ1) is 16.4. The number of ether oxygens (including phenoxy) is 1. The van der Waals surface area contributed by atoms with Crippen molar-refractivity contribution in [3.8, 4) is 0 Å². The Morgan fingerprint density at radius 3 is 2.65 bits per heavy atom. The maximum atomic E-state index is 12.9. The van der Waals surface area contributed by atoms with Gasteiger partial charge in [0.25, 0.3) is 5.56 Å². The standard InChI is InChI=1S/C24H32ClN5O3S/c1-17(31)28(2)19-5-7-21(8-6-19)34-29-11-9-20(10-12-29)30-24(32)23(25)22(15-27-30)26-14-18-4-3-13-33-16-18/h5-8,15,18,20,26H,3-4,9-14,16H2,1-2H3. The Hall–Kier alpha value is -2.07. The predicted octanol–water partition coefficient (Wildman–Crippen LogP) is 4.06. The van der Waals surface area contributed by atoms with Crippen molar-refractivity contribution in [2.24, 2.45) is 5.92 Å². The number of hydrogen-bond acceptors (Lipinski definition) is 7. The third-order valence-corrected chi connectivity index (χ3v) is 7.95. The summed E-state index contributed by atoms with van der Waals surface area (Å²) in [6, 6.07) is 8.01. The molecule has 2 fully saturated rings. The molecule has 10 heteroatoms. The number of rotatable bonds is 7. The fourth-order valence-electron chi connectivity index (χ4n) is 4.29. The molecule has 3 heterocycles. The number of hydrogen-bond donors (Lipinski definition) is 1. The van der Waals surface area contributed by atoms with Crippen LogP contribution in [0.15, 0.2) is 40.2 Å². The van der Waals surface area contributed by atoms with E-state index in [2.05, 4.69) is 14.7 Å². The van der Waals surface area contributed by atoms with Crippen molar-refractivity contribution < 1.29 is 9.53 Å². The van der Waals surface area contributed by atoms with Gasteiger partial charge in [0.1, 0.15) is 5.02 Å². The van der Waals surface area contributed by atoms with Crippen molar-refractivity contribution in [3.63, 3.8) is 0 Å². The van der Waals surface area contributed by atoms with Crippen LogP contribution in [0.3, 0.4) is 0 Å². The molecule has 2 saturated heterocycles. The zero-order valence-corrected chi connectivity index (χ0v) is 21.3. The van der Waals surface area contributed by atoms with Gasteiger partial charge in [0.05, 0.1) is 24.5 Å². The van der Waals surface area contributed by atoms with Gasteiger partial charge in [-0.1, -0.05) is 11.6 Å². The molecule has 2 aliphatic rings. The van der Waals surface area contributed by atoms with Gasteiger partial charge in [0.15, 0.2) is 0 Å². The number of nitrogens with zero attached hydrogens (tertiary/aromatic N) is 4. The van der Waals surface area contributed by atoms with E-state index in [0.29, 0.717) is 11.6 Å². The van der Waals surface area contributed by atoms with Crippen LogP contribution in [0.5, 0.6) is 0 Å². The van der Waals surface area contributed by atoms with Crippen LogP contribution < -0.4 is 15.8 Å². The number of nitrogens with one attached hydrogen (secondary N) is 1. The maximum absolute atomic E-state index is 12.9. The van der Waals surface area contributed by atoms with Crippen LogP contribution in [0, 0.1) is 5.92 Å². The van der Waals surface area contributed by atoms with Crippen LogP contribution >= 0.6 is 23.5 Å². The Morgan fingerprint density at radius 2 is 2.00 bits per heavy atom. The highest BCUT2D eigenvalue weighted by Crippen LogP contribution is 2.31. The number of aromatic nitrogens is 2. The summed E-state index contributed by atoms with van der Waals surface area (Å²) in [4.78, 5) is 27.2. The molecule has 1 aromatic carbocycles. The average Bonchev–Trinajstić information content (AvgIpc) is 2.86. The molecule has 1 atom stereocenters. The van der Waals surface area contributed by atoms with E-state index in [4.69, 9.17) is 16.3 Å². The Kier molecular flexibility index (Phi) is 8.52. The van der Waals surface area contributed by atoms with E-state index in [9.17, 15) is 9.59 Å². The van der Waals surface area contributed by atoms with E-state index in [-0.39, 0.29) is 22.5 Å². The lowest BCUT2D eigenvalue weighted by Crippen LogP contribution is -2.36. The third-order valence-electron chi connectivity index (χ3n) is 6.48. The predicted molar refractivity (Wildman–Crippen MR) is 137 cm³/mol. The lowest BCUT2D eigenvalue weighted by atomic mass is 10.0. The Balaban J connectivity index is 1.30. The van der Waals surface area contributed by atoms with Gasteiger partial charge in [-0.25, -0.2) is 8.99 Å². The van der Waals surface area contributed by atoms with Crippen molar-refractivity contribution in [2.75, 3.05) is 50.1 Å². The molecule has 0 saturated carbocycles. The molecule has 34 heavy (non-hydrogen) atoms. The number of amides is 1. The molecule has 2 aliphatic heterocycles. The number of carbonyl (C=O) groups excluding carboxylic acids is 1. The van der Waals surface area contributed by atoms with Crippen LogP contribution in [-0.4, -0.2) is 59.9 Å². The molecular formula is C24H32ClN5O3S.